The Kier molecular flexibility index (Phi) is 4.81. The maximum absolute atomic E-state index is 12.6. The average molecular weight is 278 g/mol. The predicted molar refractivity (Wildman–Crippen MR) is 79.9 cm³/mol. The molecule has 0 spiro atoms. The van der Waals surface area contributed by atoms with E-state index >= 15 is 0 Å². The van der Waals surface area contributed by atoms with Gasteiger partial charge >= 0.3 is 0 Å². The Balaban J connectivity index is 2.06. The van der Waals surface area contributed by atoms with Crippen molar-refractivity contribution in [2.75, 3.05) is 26.2 Å². The van der Waals surface area contributed by atoms with Crippen molar-refractivity contribution in [3.63, 3.8) is 0 Å². The second-order valence-electron chi connectivity index (χ2n) is 5.44. The molecule has 1 aromatic rings. The zero-order valence-corrected chi connectivity index (χ0v) is 13.1. The van der Waals surface area contributed by atoms with Crippen molar-refractivity contribution >= 4 is 5.91 Å². The summed E-state index contributed by atoms with van der Waals surface area (Å²) in [5, 5.41) is 7.19. The Morgan fingerprint density at radius 3 is 2.65 bits per heavy atom. The molecule has 0 bridgehead atoms. The fourth-order valence-corrected chi connectivity index (χ4v) is 3.10. The van der Waals surface area contributed by atoms with E-state index in [9.17, 15) is 4.79 Å². The molecule has 1 N–H and O–H groups in total. The molecule has 2 rings (SSSR count). The maximum Gasteiger partial charge on any atom is 0.274 e. The first-order valence-corrected chi connectivity index (χ1v) is 7.69. The quantitative estimate of drug-likeness (QED) is 0.894. The van der Waals surface area contributed by atoms with E-state index in [2.05, 4.69) is 35.9 Å². The van der Waals surface area contributed by atoms with Gasteiger partial charge in [-0.25, -0.2) is 0 Å². The lowest BCUT2D eigenvalue weighted by Gasteiger charge is -2.26. The topological polar surface area (TPSA) is 52.2 Å². The number of amides is 1. The van der Waals surface area contributed by atoms with Crippen LogP contribution in [0.15, 0.2) is 0 Å². The van der Waals surface area contributed by atoms with Crippen molar-refractivity contribution in [2.24, 2.45) is 0 Å². The van der Waals surface area contributed by atoms with E-state index in [1.165, 1.54) is 0 Å². The van der Waals surface area contributed by atoms with Gasteiger partial charge in [0.1, 0.15) is 0 Å². The first-order valence-electron chi connectivity index (χ1n) is 7.69. The SMILES string of the molecule is CCc1[nH]nc(C(=O)N2CC[C@H](N(CC)CC)C2)c1C. The molecule has 1 aliphatic heterocycles. The zero-order chi connectivity index (χ0) is 14.7. The number of carbonyl (C=O) groups excluding carboxylic acids is 1. The third-order valence-corrected chi connectivity index (χ3v) is 4.45. The third-order valence-electron chi connectivity index (χ3n) is 4.45. The molecule has 2 heterocycles. The van der Waals surface area contributed by atoms with Gasteiger partial charge in [-0.05, 0) is 32.9 Å². The van der Waals surface area contributed by atoms with Gasteiger partial charge in [-0.3, -0.25) is 14.8 Å². The van der Waals surface area contributed by atoms with Crippen LogP contribution in [0.3, 0.4) is 0 Å². The molecule has 0 saturated carbocycles. The van der Waals surface area contributed by atoms with Gasteiger partial charge in [-0.1, -0.05) is 20.8 Å². The molecule has 0 aliphatic carbocycles. The minimum absolute atomic E-state index is 0.0770. The molecule has 112 valence electrons. The molecule has 5 nitrogen and oxygen atoms in total. The lowest BCUT2D eigenvalue weighted by molar-refractivity contribution is 0.0771. The summed E-state index contributed by atoms with van der Waals surface area (Å²) in [6.07, 6.45) is 1.95. The number of hydrogen-bond donors (Lipinski definition) is 1. The van der Waals surface area contributed by atoms with Crippen LogP contribution in [0.25, 0.3) is 0 Å². The summed E-state index contributed by atoms with van der Waals surface area (Å²) in [5.41, 5.74) is 2.67. The first kappa shape index (κ1) is 15.0. The number of likely N-dealkylation sites (tertiary alicyclic amines) is 1. The minimum Gasteiger partial charge on any atom is -0.336 e. The van der Waals surface area contributed by atoms with E-state index in [4.69, 9.17) is 0 Å². The fourth-order valence-electron chi connectivity index (χ4n) is 3.10. The lowest BCUT2D eigenvalue weighted by Crippen LogP contribution is -2.38. The van der Waals surface area contributed by atoms with Crippen LogP contribution in [0.5, 0.6) is 0 Å². The van der Waals surface area contributed by atoms with Crippen LogP contribution >= 0.6 is 0 Å². The number of likely N-dealkylation sites (N-methyl/N-ethyl adjacent to an activating group) is 1. The van der Waals surface area contributed by atoms with E-state index in [1.54, 1.807) is 0 Å². The number of aromatic nitrogens is 2. The van der Waals surface area contributed by atoms with Gasteiger partial charge in [0.05, 0.1) is 0 Å². The second-order valence-corrected chi connectivity index (χ2v) is 5.44. The number of aryl methyl sites for hydroxylation is 1. The molecule has 5 heteroatoms. The van der Waals surface area contributed by atoms with Crippen LogP contribution < -0.4 is 0 Å². The van der Waals surface area contributed by atoms with Crippen molar-refractivity contribution in [2.45, 2.75) is 46.6 Å². The molecule has 0 radical (unpaired) electrons. The Hall–Kier alpha value is -1.36. The standard InChI is InChI=1S/C15H26N4O/c1-5-13-11(4)14(17-16-13)15(20)19-9-8-12(10-19)18(6-2)7-3/h12H,5-10H2,1-4H3,(H,16,17)/t12-/m0/s1. The van der Waals surface area contributed by atoms with Crippen molar-refractivity contribution in [3.8, 4) is 0 Å². The summed E-state index contributed by atoms with van der Waals surface area (Å²) < 4.78 is 0. The zero-order valence-electron chi connectivity index (χ0n) is 13.1. The Labute approximate surface area is 121 Å². The number of nitrogens with zero attached hydrogens (tertiary/aromatic N) is 3. The summed E-state index contributed by atoms with van der Waals surface area (Å²) in [6, 6.07) is 0.499. The van der Waals surface area contributed by atoms with Gasteiger partial charge in [0, 0.05) is 30.4 Å². The fraction of sp³-hybridized carbons (Fsp3) is 0.733. The number of H-pyrrole nitrogens is 1. The number of nitrogens with one attached hydrogen (secondary N) is 1. The van der Waals surface area contributed by atoms with E-state index in [0.717, 1.165) is 50.3 Å². The van der Waals surface area contributed by atoms with Gasteiger partial charge in [-0.15, -0.1) is 0 Å². The smallest absolute Gasteiger partial charge is 0.274 e. The summed E-state index contributed by atoms with van der Waals surface area (Å²) in [4.78, 5) is 16.9. The van der Waals surface area contributed by atoms with Crippen molar-refractivity contribution in [1.82, 2.24) is 20.0 Å². The maximum atomic E-state index is 12.6. The highest BCUT2D eigenvalue weighted by Gasteiger charge is 2.31. The van der Waals surface area contributed by atoms with Gasteiger partial charge in [0.25, 0.3) is 5.91 Å². The van der Waals surface area contributed by atoms with Crippen LogP contribution in [0.2, 0.25) is 0 Å². The highest BCUT2D eigenvalue weighted by Crippen LogP contribution is 2.19. The summed E-state index contributed by atoms with van der Waals surface area (Å²) in [5.74, 6) is 0.0770. The molecule has 1 atom stereocenters. The molecule has 1 aliphatic rings. The molecule has 1 fully saturated rings. The largest absolute Gasteiger partial charge is 0.336 e. The van der Waals surface area contributed by atoms with Crippen LogP contribution in [0.1, 0.15) is 48.9 Å². The number of hydrogen-bond acceptors (Lipinski definition) is 3. The molecular formula is C15H26N4O. The number of aromatic amines is 1. The number of carbonyl (C=O) groups is 1. The summed E-state index contributed by atoms with van der Waals surface area (Å²) in [6.45, 7) is 12.2. The van der Waals surface area contributed by atoms with Gasteiger partial charge in [0.2, 0.25) is 0 Å². The van der Waals surface area contributed by atoms with Crippen LogP contribution in [0, 0.1) is 6.92 Å². The molecule has 1 aromatic heterocycles. The molecule has 1 amide bonds. The summed E-state index contributed by atoms with van der Waals surface area (Å²) in [7, 11) is 0. The van der Waals surface area contributed by atoms with E-state index in [1.807, 2.05) is 11.8 Å². The molecule has 20 heavy (non-hydrogen) atoms. The van der Waals surface area contributed by atoms with E-state index in [-0.39, 0.29) is 5.91 Å². The predicted octanol–water partition coefficient (Wildman–Crippen LogP) is 1.84. The van der Waals surface area contributed by atoms with Crippen molar-refractivity contribution in [1.29, 1.82) is 0 Å². The monoisotopic (exact) mass is 278 g/mol. The van der Waals surface area contributed by atoms with Crippen LogP contribution in [-0.2, 0) is 6.42 Å². The second kappa shape index (κ2) is 6.39. The van der Waals surface area contributed by atoms with E-state index in [0.29, 0.717) is 11.7 Å². The lowest BCUT2D eigenvalue weighted by atomic mass is 10.1. The Morgan fingerprint density at radius 2 is 2.10 bits per heavy atom. The Bertz CT molecular complexity index is 464. The van der Waals surface area contributed by atoms with Crippen LogP contribution in [0.4, 0.5) is 0 Å². The van der Waals surface area contributed by atoms with Crippen LogP contribution in [-0.4, -0.2) is 58.1 Å². The highest BCUT2D eigenvalue weighted by atomic mass is 16.2. The molecule has 0 aromatic carbocycles. The first-order chi connectivity index (χ1) is 9.62. The molecule has 0 unspecified atom stereocenters. The van der Waals surface area contributed by atoms with Gasteiger partial charge in [-0.2, -0.15) is 5.10 Å². The molecular weight excluding hydrogens is 252 g/mol. The highest BCUT2D eigenvalue weighted by molar-refractivity contribution is 5.94. The van der Waals surface area contributed by atoms with E-state index < -0.39 is 0 Å². The van der Waals surface area contributed by atoms with Crippen molar-refractivity contribution < 1.29 is 4.79 Å². The Morgan fingerprint density at radius 1 is 1.40 bits per heavy atom. The average Bonchev–Trinajstić information content (AvgIpc) is 3.06. The molecule has 1 saturated heterocycles. The van der Waals surface area contributed by atoms with Gasteiger partial charge in [0.15, 0.2) is 5.69 Å². The normalized spacial score (nSPS) is 19.1. The van der Waals surface area contributed by atoms with Gasteiger partial charge < -0.3 is 4.90 Å². The third kappa shape index (κ3) is 2.73. The number of rotatable bonds is 5. The van der Waals surface area contributed by atoms with Crippen molar-refractivity contribution in [3.05, 3.63) is 17.0 Å². The summed E-state index contributed by atoms with van der Waals surface area (Å²) >= 11 is 0. The minimum atomic E-state index is 0.0770.